The Labute approximate surface area is 102 Å². The van der Waals surface area contributed by atoms with Crippen LogP contribution in [-0.2, 0) is 0 Å². The molecule has 0 atom stereocenters. The van der Waals surface area contributed by atoms with Gasteiger partial charge < -0.3 is 14.4 Å². The van der Waals surface area contributed by atoms with Gasteiger partial charge in [-0.25, -0.2) is 0 Å². The number of hydrogen-bond acceptors (Lipinski definition) is 4. The van der Waals surface area contributed by atoms with Gasteiger partial charge in [-0.05, 0) is 33.2 Å². The summed E-state index contributed by atoms with van der Waals surface area (Å²) in [6, 6.07) is 7.29. The second kappa shape index (κ2) is 6.77. The Morgan fingerprint density at radius 1 is 1.24 bits per heavy atom. The zero-order valence-corrected chi connectivity index (χ0v) is 10.6. The maximum Gasteiger partial charge on any atom is 0.162 e. The summed E-state index contributed by atoms with van der Waals surface area (Å²) in [6.45, 7) is 3.89. The van der Waals surface area contributed by atoms with E-state index in [0.29, 0.717) is 30.3 Å². The summed E-state index contributed by atoms with van der Waals surface area (Å²) in [7, 11) is 3.98. The van der Waals surface area contributed by atoms with Crippen molar-refractivity contribution in [3.05, 3.63) is 23.8 Å². The molecular formula is C13H18N2O2. The average molecular weight is 234 g/mol. The quantitative estimate of drug-likeness (QED) is 0.754. The monoisotopic (exact) mass is 234 g/mol. The highest BCUT2D eigenvalue weighted by molar-refractivity contribution is 5.46. The summed E-state index contributed by atoms with van der Waals surface area (Å²) in [6.07, 6.45) is 0. The van der Waals surface area contributed by atoms with Crippen molar-refractivity contribution in [1.82, 2.24) is 4.90 Å². The Morgan fingerprint density at radius 2 is 2.00 bits per heavy atom. The smallest absolute Gasteiger partial charge is 0.162 e. The van der Waals surface area contributed by atoms with E-state index in [1.54, 1.807) is 18.2 Å². The molecule has 0 aliphatic rings. The van der Waals surface area contributed by atoms with E-state index < -0.39 is 0 Å². The molecule has 0 saturated heterocycles. The molecule has 1 aromatic rings. The molecule has 0 bridgehead atoms. The lowest BCUT2D eigenvalue weighted by Gasteiger charge is -2.14. The fraction of sp³-hybridized carbons (Fsp3) is 0.462. The van der Waals surface area contributed by atoms with Crippen molar-refractivity contribution >= 4 is 0 Å². The van der Waals surface area contributed by atoms with Crippen LogP contribution in [0.3, 0.4) is 0 Å². The van der Waals surface area contributed by atoms with Gasteiger partial charge in [-0.15, -0.1) is 0 Å². The summed E-state index contributed by atoms with van der Waals surface area (Å²) >= 11 is 0. The van der Waals surface area contributed by atoms with Gasteiger partial charge in [-0.2, -0.15) is 5.26 Å². The molecule has 0 spiro atoms. The molecule has 0 saturated carbocycles. The standard InChI is InChI=1S/C13H18N2O2/c1-4-16-13-9-11(10-14)5-6-12(13)17-8-7-15(2)3/h5-6,9H,4,7-8H2,1-3H3. The van der Waals surface area contributed by atoms with Crippen LogP contribution < -0.4 is 9.47 Å². The van der Waals surface area contributed by atoms with Gasteiger partial charge in [0.2, 0.25) is 0 Å². The molecule has 0 aliphatic carbocycles. The minimum Gasteiger partial charge on any atom is -0.490 e. The lowest BCUT2D eigenvalue weighted by atomic mass is 10.2. The van der Waals surface area contributed by atoms with Gasteiger partial charge in [0.05, 0.1) is 18.2 Å². The van der Waals surface area contributed by atoms with E-state index in [9.17, 15) is 0 Å². The van der Waals surface area contributed by atoms with E-state index in [0.717, 1.165) is 6.54 Å². The molecule has 0 unspecified atom stereocenters. The van der Waals surface area contributed by atoms with Crippen LogP contribution in [-0.4, -0.2) is 38.8 Å². The van der Waals surface area contributed by atoms with Gasteiger partial charge >= 0.3 is 0 Å². The van der Waals surface area contributed by atoms with Crippen molar-refractivity contribution in [2.24, 2.45) is 0 Å². The summed E-state index contributed by atoms with van der Waals surface area (Å²) in [5, 5.41) is 8.82. The van der Waals surface area contributed by atoms with Crippen LogP contribution in [0.4, 0.5) is 0 Å². The largest absolute Gasteiger partial charge is 0.490 e. The Kier molecular flexibility index (Phi) is 5.31. The van der Waals surface area contributed by atoms with Gasteiger partial charge in [0, 0.05) is 12.6 Å². The van der Waals surface area contributed by atoms with Crippen molar-refractivity contribution in [2.75, 3.05) is 33.9 Å². The van der Waals surface area contributed by atoms with E-state index in [4.69, 9.17) is 14.7 Å². The molecule has 17 heavy (non-hydrogen) atoms. The first kappa shape index (κ1) is 13.3. The lowest BCUT2D eigenvalue weighted by molar-refractivity contribution is 0.244. The minimum atomic E-state index is 0.554. The third-order valence-corrected chi connectivity index (χ3v) is 2.17. The summed E-state index contributed by atoms with van der Waals surface area (Å²) in [5.74, 6) is 1.32. The second-order valence-corrected chi connectivity index (χ2v) is 3.86. The zero-order chi connectivity index (χ0) is 12.7. The number of benzene rings is 1. The van der Waals surface area contributed by atoms with Crippen LogP contribution in [0.15, 0.2) is 18.2 Å². The van der Waals surface area contributed by atoms with Crippen molar-refractivity contribution in [1.29, 1.82) is 5.26 Å². The minimum absolute atomic E-state index is 0.554. The molecule has 0 aliphatic heterocycles. The highest BCUT2D eigenvalue weighted by atomic mass is 16.5. The van der Waals surface area contributed by atoms with Gasteiger partial charge in [-0.1, -0.05) is 0 Å². The van der Waals surface area contributed by atoms with Crippen molar-refractivity contribution in [3.63, 3.8) is 0 Å². The first-order chi connectivity index (χ1) is 8.17. The third-order valence-electron chi connectivity index (χ3n) is 2.17. The number of hydrogen-bond donors (Lipinski definition) is 0. The van der Waals surface area contributed by atoms with Crippen LogP contribution in [0.5, 0.6) is 11.5 Å². The van der Waals surface area contributed by atoms with Gasteiger partial charge in [0.15, 0.2) is 11.5 Å². The molecule has 1 aromatic carbocycles. The van der Waals surface area contributed by atoms with Crippen LogP contribution in [0.25, 0.3) is 0 Å². The SMILES string of the molecule is CCOc1cc(C#N)ccc1OCCN(C)C. The first-order valence-electron chi connectivity index (χ1n) is 5.62. The molecule has 0 heterocycles. The highest BCUT2D eigenvalue weighted by Gasteiger charge is 2.06. The Balaban J connectivity index is 2.72. The van der Waals surface area contributed by atoms with Crippen molar-refractivity contribution in [3.8, 4) is 17.6 Å². The van der Waals surface area contributed by atoms with E-state index in [2.05, 4.69) is 6.07 Å². The number of likely N-dealkylation sites (N-methyl/N-ethyl adjacent to an activating group) is 1. The van der Waals surface area contributed by atoms with Gasteiger partial charge in [0.25, 0.3) is 0 Å². The molecule has 0 N–H and O–H groups in total. The fourth-order valence-corrected chi connectivity index (χ4v) is 1.30. The maximum atomic E-state index is 8.82. The zero-order valence-electron chi connectivity index (χ0n) is 10.6. The summed E-state index contributed by atoms with van der Waals surface area (Å²) in [4.78, 5) is 2.05. The Morgan fingerprint density at radius 3 is 2.59 bits per heavy atom. The normalized spacial score (nSPS) is 10.1. The van der Waals surface area contributed by atoms with Crippen LogP contribution in [0, 0.1) is 11.3 Å². The molecule has 4 nitrogen and oxygen atoms in total. The Hall–Kier alpha value is -1.73. The predicted molar refractivity (Wildman–Crippen MR) is 66.4 cm³/mol. The second-order valence-electron chi connectivity index (χ2n) is 3.86. The molecule has 1 rings (SSSR count). The molecule has 0 aromatic heterocycles. The van der Waals surface area contributed by atoms with E-state index in [1.165, 1.54) is 0 Å². The van der Waals surface area contributed by atoms with Crippen LogP contribution >= 0.6 is 0 Å². The predicted octanol–water partition coefficient (Wildman–Crippen LogP) is 1.90. The van der Waals surface area contributed by atoms with Gasteiger partial charge in [-0.3, -0.25) is 0 Å². The molecular weight excluding hydrogens is 216 g/mol. The first-order valence-corrected chi connectivity index (χ1v) is 5.62. The molecule has 0 radical (unpaired) electrons. The molecule has 0 amide bonds. The van der Waals surface area contributed by atoms with Crippen LogP contribution in [0.2, 0.25) is 0 Å². The number of nitrogens with zero attached hydrogens (tertiary/aromatic N) is 2. The summed E-state index contributed by atoms with van der Waals surface area (Å²) < 4.78 is 11.1. The van der Waals surface area contributed by atoms with Crippen molar-refractivity contribution in [2.45, 2.75) is 6.92 Å². The highest BCUT2D eigenvalue weighted by Crippen LogP contribution is 2.28. The van der Waals surface area contributed by atoms with Crippen LogP contribution in [0.1, 0.15) is 12.5 Å². The number of ether oxygens (including phenoxy) is 2. The third kappa shape index (κ3) is 4.33. The van der Waals surface area contributed by atoms with Crippen molar-refractivity contribution < 1.29 is 9.47 Å². The lowest BCUT2D eigenvalue weighted by Crippen LogP contribution is -2.19. The number of rotatable bonds is 6. The van der Waals surface area contributed by atoms with E-state index in [-0.39, 0.29) is 0 Å². The molecule has 0 fully saturated rings. The average Bonchev–Trinajstić information content (AvgIpc) is 2.31. The van der Waals surface area contributed by atoms with E-state index >= 15 is 0 Å². The number of nitriles is 1. The molecule has 4 heteroatoms. The maximum absolute atomic E-state index is 8.82. The molecule has 92 valence electrons. The van der Waals surface area contributed by atoms with E-state index in [1.807, 2.05) is 25.9 Å². The fourth-order valence-electron chi connectivity index (χ4n) is 1.30. The van der Waals surface area contributed by atoms with Gasteiger partial charge in [0.1, 0.15) is 6.61 Å². The topological polar surface area (TPSA) is 45.5 Å². The Bertz CT molecular complexity index is 397. The summed E-state index contributed by atoms with van der Waals surface area (Å²) in [5.41, 5.74) is 0.577.